The maximum Gasteiger partial charge on any atom is 0.278 e. The highest BCUT2D eigenvalue weighted by molar-refractivity contribution is 9.10. The fourth-order valence-electron chi connectivity index (χ4n) is 1.53. The van der Waals surface area contributed by atoms with Gasteiger partial charge in [0.1, 0.15) is 0 Å². The van der Waals surface area contributed by atoms with Gasteiger partial charge < -0.3 is 14.2 Å². The van der Waals surface area contributed by atoms with Gasteiger partial charge in [-0.05, 0) is 22.0 Å². The summed E-state index contributed by atoms with van der Waals surface area (Å²) in [6, 6.07) is 1.56. The van der Waals surface area contributed by atoms with Gasteiger partial charge in [0.15, 0.2) is 11.5 Å². The normalized spacial score (nSPS) is 10.0. The number of hydrogen-bond acceptors (Lipinski definition) is 5. The molecule has 0 aliphatic rings. The molecule has 19 heavy (non-hydrogen) atoms. The molecule has 7 heteroatoms. The van der Waals surface area contributed by atoms with E-state index in [1.807, 2.05) is 0 Å². The molecule has 0 saturated heterocycles. The molecule has 0 unspecified atom stereocenters. The molecule has 1 amide bonds. The van der Waals surface area contributed by atoms with Crippen LogP contribution in [0, 0.1) is 0 Å². The molecule has 1 aromatic carbocycles. The van der Waals surface area contributed by atoms with E-state index < -0.39 is 0 Å². The topological polar surface area (TPSA) is 57.2 Å². The summed E-state index contributed by atoms with van der Waals surface area (Å²) >= 11 is 3.33. The minimum Gasteiger partial charge on any atom is -0.493 e. The second-order valence-electron chi connectivity index (χ2n) is 3.49. The summed E-state index contributed by atoms with van der Waals surface area (Å²) in [5.74, 6) is 0.854. The quantitative estimate of drug-likeness (QED) is 0.772. The Morgan fingerprint density at radius 3 is 2.11 bits per heavy atom. The molecular weight excluding hydrogens is 318 g/mol. The first-order chi connectivity index (χ1) is 9.01. The molecule has 0 saturated carbocycles. The first kappa shape index (κ1) is 15.6. The maximum absolute atomic E-state index is 12.2. The first-order valence-electron chi connectivity index (χ1n) is 5.32. The van der Waals surface area contributed by atoms with Gasteiger partial charge in [0.25, 0.3) is 5.91 Å². The molecule has 0 aliphatic carbocycles. The van der Waals surface area contributed by atoms with Crippen molar-refractivity contribution in [2.24, 2.45) is 0 Å². The molecule has 0 aromatic heterocycles. The van der Waals surface area contributed by atoms with E-state index >= 15 is 0 Å². The number of rotatable bonds is 5. The van der Waals surface area contributed by atoms with Crippen LogP contribution in [0.15, 0.2) is 10.5 Å². The average molecular weight is 334 g/mol. The highest BCUT2D eigenvalue weighted by Crippen LogP contribution is 2.44. The van der Waals surface area contributed by atoms with E-state index in [1.165, 1.54) is 35.5 Å². The Bertz CT molecular complexity index is 478. The molecule has 0 aliphatic heterocycles. The van der Waals surface area contributed by atoms with Gasteiger partial charge in [-0.15, -0.1) is 0 Å². The predicted molar refractivity (Wildman–Crippen MR) is 72.9 cm³/mol. The lowest BCUT2D eigenvalue weighted by Gasteiger charge is -2.19. The molecule has 0 radical (unpaired) electrons. The number of amides is 1. The number of hydrogen-bond donors (Lipinski definition) is 0. The molecule has 0 bridgehead atoms. The van der Waals surface area contributed by atoms with Crippen LogP contribution in [0.3, 0.4) is 0 Å². The third kappa shape index (κ3) is 2.93. The predicted octanol–water partition coefficient (Wildman–Crippen LogP) is 2.11. The Morgan fingerprint density at radius 1 is 1.11 bits per heavy atom. The van der Waals surface area contributed by atoms with Crippen molar-refractivity contribution in [1.82, 2.24) is 5.06 Å². The molecule has 0 fully saturated rings. The molecule has 0 N–H and O–H groups in total. The van der Waals surface area contributed by atoms with Gasteiger partial charge in [-0.25, -0.2) is 5.06 Å². The van der Waals surface area contributed by atoms with Gasteiger partial charge in [-0.3, -0.25) is 9.63 Å². The number of halogens is 1. The lowest BCUT2D eigenvalue weighted by molar-refractivity contribution is -0.0757. The fourth-order valence-corrected chi connectivity index (χ4v) is 2.16. The summed E-state index contributed by atoms with van der Waals surface area (Å²) in [4.78, 5) is 17.0. The third-order valence-corrected chi connectivity index (χ3v) is 3.35. The number of hydroxylamine groups is 2. The number of carbonyl (C=O) groups is 1. The zero-order valence-electron chi connectivity index (χ0n) is 11.4. The molecule has 1 aromatic rings. The van der Waals surface area contributed by atoms with E-state index in [-0.39, 0.29) is 5.91 Å². The lowest BCUT2D eigenvalue weighted by atomic mass is 10.1. The Kier molecular flexibility index (Phi) is 5.44. The van der Waals surface area contributed by atoms with Gasteiger partial charge in [-0.1, -0.05) is 0 Å². The number of methoxy groups -OCH3 is 3. The minimum absolute atomic E-state index is 0.339. The van der Waals surface area contributed by atoms with Crippen LogP contribution in [0.1, 0.15) is 10.4 Å². The van der Waals surface area contributed by atoms with Crippen LogP contribution in [0.25, 0.3) is 0 Å². The number of carbonyl (C=O) groups excluding carboxylic acids is 1. The van der Waals surface area contributed by atoms with Crippen molar-refractivity contribution in [2.45, 2.75) is 0 Å². The van der Waals surface area contributed by atoms with Crippen molar-refractivity contribution in [3.63, 3.8) is 0 Å². The Balaban J connectivity index is 3.46. The molecule has 106 valence electrons. The van der Waals surface area contributed by atoms with Gasteiger partial charge in [0.2, 0.25) is 5.75 Å². The molecule has 0 spiro atoms. The minimum atomic E-state index is -0.339. The van der Waals surface area contributed by atoms with E-state index in [4.69, 9.17) is 19.0 Å². The van der Waals surface area contributed by atoms with E-state index in [9.17, 15) is 4.79 Å². The Labute approximate surface area is 120 Å². The Morgan fingerprint density at radius 2 is 1.68 bits per heavy atom. The summed E-state index contributed by atoms with van der Waals surface area (Å²) in [7, 11) is 7.38. The molecule has 1 rings (SSSR count). The summed E-state index contributed by atoms with van der Waals surface area (Å²) < 4.78 is 16.1. The van der Waals surface area contributed by atoms with Crippen LogP contribution in [0.5, 0.6) is 17.2 Å². The molecule has 0 atom stereocenters. The maximum atomic E-state index is 12.2. The monoisotopic (exact) mass is 333 g/mol. The van der Waals surface area contributed by atoms with Crippen LogP contribution in [-0.2, 0) is 4.84 Å². The highest BCUT2D eigenvalue weighted by Gasteiger charge is 2.24. The zero-order valence-corrected chi connectivity index (χ0v) is 13.0. The molecule has 6 nitrogen and oxygen atoms in total. The van der Waals surface area contributed by atoms with Crippen LogP contribution < -0.4 is 14.2 Å². The number of nitrogens with zero attached hydrogens (tertiary/aromatic N) is 1. The van der Waals surface area contributed by atoms with Crippen molar-refractivity contribution in [1.29, 1.82) is 0 Å². The Hall–Kier alpha value is -1.47. The van der Waals surface area contributed by atoms with Gasteiger partial charge >= 0.3 is 0 Å². The van der Waals surface area contributed by atoms with Crippen LogP contribution >= 0.6 is 15.9 Å². The van der Waals surface area contributed by atoms with Crippen molar-refractivity contribution in [2.75, 3.05) is 35.5 Å². The summed E-state index contributed by atoms with van der Waals surface area (Å²) in [5, 5.41) is 1.10. The van der Waals surface area contributed by atoms with Crippen LogP contribution in [-0.4, -0.2) is 46.5 Å². The van der Waals surface area contributed by atoms with Gasteiger partial charge in [-0.2, -0.15) is 0 Å². The van der Waals surface area contributed by atoms with E-state index in [1.54, 1.807) is 6.07 Å². The summed E-state index contributed by atoms with van der Waals surface area (Å²) in [5.41, 5.74) is 0.346. The summed E-state index contributed by atoms with van der Waals surface area (Å²) in [6.07, 6.45) is 0. The van der Waals surface area contributed by atoms with Crippen molar-refractivity contribution < 1.29 is 23.8 Å². The second kappa shape index (κ2) is 6.63. The third-order valence-electron chi connectivity index (χ3n) is 2.56. The van der Waals surface area contributed by atoms with Crippen molar-refractivity contribution >= 4 is 21.8 Å². The van der Waals surface area contributed by atoms with Crippen LogP contribution in [0.4, 0.5) is 0 Å². The molecule has 0 heterocycles. The van der Waals surface area contributed by atoms with Crippen molar-refractivity contribution in [3.8, 4) is 17.2 Å². The molecular formula is C12H16BrNO5. The SMILES string of the molecule is COc1cc(C(=O)N(C)OC)c(Br)c(OC)c1OC. The smallest absolute Gasteiger partial charge is 0.278 e. The largest absolute Gasteiger partial charge is 0.493 e. The van der Waals surface area contributed by atoms with E-state index in [0.717, 1.165) is 5.06 Å². The van der Waals surface area contributed by atoms with E-state index in [2.05, 4.69) is 15.9 Å². The number of ether oxygens (including phenoxy) is 3. The first-order valence-corrected chi connectivity index (χ1v) is 6.11. The van der Waals surface area contributed by atoms with E-state index in [0.29, 0.717) is 27.3 Å². The highest BCUT2D eigenvalue weighted by atomic mass is 79.9. The second-order valence-corrected chi connectivity index (χ2v) is 4.29. The van der Waals surface area contributed by atoms with Gasteiger partial charge in [0.05, 0.1) is 38.5 Å². The van der Waals surface area contributed by atoms with Crippen molar-refractivity contribution in [3.05, 3.63) is 16.1 Å². The lowest BCUT2D eigenvalue weighted by Crippen LogP contribution is -2.25. The zero-order chi connectivity index (χ0) is 14.6. The van der Waals surface area contributed by atoms with Gasteiger partial charge in [0, 0.05) is 7.05 Å². The standard InChI is InChI=1S/C12H16BrNO5/c1-14(19-5)12(15)7-6-8(16-2)10(17-3)11(18-4)9(7)13/h6H,1-5H3. The fraction of sp³-hybridized carbons (Fsp3) is 0.417. The number of benzene rings is 1. The average Bonchev–Trinajstić information content (AvgIpc) is 2.44. The summed E-state index contributed by atoms with van der Waals surface area (Å²) in [6.45, 7) is 0. The van der Waals surface area contributed by atoms with Crippen LogP contribution in [0.2, 0.25) is 0 Å².